The molecule has 1 aliphatic rings. The molecule has 0 spiro atoms. The fourth-order valence-electron chi connectivity index (χ4n) is 2.67. The van der Waals surface area contributed by atoms with Crippen molar-refractivity contribution in [3.05, 3.63) is 42.2 Å². The lowest BCUT2D eigenvalue weighted by Crippen LogP contribution is -2.42. The molecule has 0 aliphatic heterocycles. The highest BCUT2D eigenvalue weighted by atomic mass is 16.2. The highest BCUT2D eigenvalue weighted by Gasteiger charge is 2.18. The average Bonchev–Trinajstić information content (AvgIpc) is 3.11. The van der Waals surface area contributed by atoms with Gasteiger partial charge in [0.1, 0.15) is 5.69 Å². The first kappa shape index (κ1) is 15.1. The molecule has 2 aromatic rings. The van der Waals surface area contributed by atoms with Gasteiger partial charge in [-0.2, -0.15) is 5.10 Å². The van der Waals surface area contributed by atoms with E-state index in [1.54, 1.807) is 6.07 Å². The number of nitrogens with zero attached hydrogens (tertiary/aromatic N) is 4. The summed E-state index contributed by atoms with van der Waals surface area (Å²) >= 11 is 0. The van der Waals surface area contributed by atoms with Gasteiger partial charge < -0.3 is 0 Å². The average molecular weight is 314 g/mol. The zero-order valence-corrected chi connectivity index (χ0v) is 12.6. The lowest BCUT2D eigenvalue weighted by Gasteiger charge is -2.21. The van der Waals surface area contributed by atoms with E-state index in [1.807, 2.05) is 10.9 Å². The quantitative estimate of drug-likeness (QED) is 0.830. The minimum atomic E-state index is -0.529. The van der Waals surface area contributed by atoms with Gasteiger partial charge in [0.25, 0.3) is 11.8 Å². The number of hydrazine groups is 1. The standard InChI is InChI=1S/C15H18N6O2/c22-14(18-19-15(23)13-10-16-7-8-17-13)12-6-9-21(20-12)11-4-2-1-3-5-11/h6-11H,1-5H2,(H,18,22)(H,19,23). The molecule has 120 valence electrons. The third-order valence-electron chi connectivity index (χ3n) is 3.88. The van der Waals surface area contributed by atoms with E-state index in [-0.39, 0.29) is 11.4 Å². The number of amides is 2. The Labute approximate surface area is 133 Å². The topological polar surface area (TPSA) is 102 Å². The maximum absolute atomic E-state index is 12.0. The predicted molar refractivity (Wildman–Crippen MR) is 81.3 cm³/mol. The van der Waals surface area contributed by atoms with Crippen LogP contribution in [0, 0.1) is 0 Å². The van der Waals surface area contributed by atoms with Crippen LogP contribution in [0.15, 0.2) is 30.9 Å². The van der Waals surface area contributed by atoms with Gasteiger partial charge in [0.05, 0.1) is 12.2 Å². The van der Waals surface area contributed by atoms with Gasteiger partial charge in [-0.15, -0.1) is 0 Å². The number of carbonyl (C=O) groups excluding carboxylic acids is 2. The van der Waals surface area contributed by atoms with Crippen molar-refractivity contribution in [2.45, 2.75) is 38.1 Å². The Balaban J connectivity index is 1.56. The van der Waals surface area contributed by atoms with Crippen molar-refractivity contribution < 1.29 is 9.59 Å². The van der Waals surface area contributed by atoms with Gasteiger partial charge >= 0.3 is 0 Å². The van der Waals surface area contributed by atoms with Gasteiger partial charge in [-0.1, -0.05) is 19.3 Å². The van der Waals surface area contributed by atoms with Crippen LogP contribution in [0.1, 0.15) is 59.1 Å². The van der Waals surface area contributed by atoms with Crippen molar-refractivity contribution in [3.63, 3.8) is 0 Å². The van der Waals surface area contributed by atoms with Gasteiger partial charge in [-0.25, -0.2) is 4.98 Å². The van der Waals surface area contributed by atoms with Crippen molar-refractivity contribution in [2.24, 2.45) is 0 Å². The van der Waals surface area contributed by atoms with Crippen LogP contribution in [-0.2, 0) is 0 Å². The molecular weight excluding hydrogens is 296 g/mol. The van der Waals surface area contributed by atoms with Gasteiger partial charge in [-0.3, -0.25) is 30.1 Å². The first-order valence-corrected chi connectivity index (χ1v) is 7.66. The molecule has 0 bridgehead atoms. The summed E-state index contributed by atoms with van der Waals surface area (Å²) in [4.78, 5) is 31.5. The van der Waals surface area contributed by atoms with Crippen molar-refractivity contribution in [1.29, 1.82) is 0 Å². The molecule has 3 rings (SSSR count). The van der Waals surface area contributed by atoms with E-state index in [0.29, 0.717) is 6.04 Å². The Morgan fingerprint density at radius 2 is 1.78 bits per heavy atom. The Morgan fingerprint density at radius 3 is 2.48 bits per heavy atom. The summed E-state index contributed by atoms with van der Waals surface area (Å²) in [6.45, 7) is 0. The Kier molecular flexibility index (Phi) is 4.60. The minimum Gasteiger partial charge on any atom is -0.269 e. The highest BCUT2D eigenvalue weighted by Crippen LogP contribution is 2.27. The van der Waals surface area contributed by atoms with E-state index in [1.165, 1.54) is 37.9 Å². The van der Waals surface area contributed by atoms with Gasteiger partial charge in [0.15, 0.2) is 5.69 Å². The number of hydrogen-bond acceptors (Lipinski definition) is 5. The molecule has 0 aromatic carbocycles. The van der Waals surface area contributed by atoms with Crippen LogP contribution in [0.25, 0.3) is 0 Å². The van der Waals surface area contributed by atoms with Crippen LogP contribution < -0.4 is 10.9 Å². The second-order valence-electron chi connectivity index (χ2n) is 5.47. The second kappa shape index (κ2) is 6.99. The summed E-state index contributed by atoms with van der Waals surface area (Å²) in [5.74, 6) is -0.991. The fourth-order valence-corrected chi connectivity index (χ4v) is 2.67. The SMILES string of the molecule is O=C(NNC(=O)c1ccn(C2CCCCC2)n1)c1cnccn1. The zero-order valence-electron chi connectivity index (χ0n) is 12.6. The van der Waals surface area contributed by atoms with Crippen molar-refractivity contribution >= 4 is 11.8 Å². The van der Waals surface area contributed by atoms with Crippen LogP contribution in [-0.4, -0.2) is 31.6 Å². The van der Waals surface area contributed by atoms with Crippen molar-refractivity contribution in [2.75, 3.05) is 0 Å². The van der Waals surface area contributed by atoms with Gasteiger partial charge in [0, 0.05) is 18.6 Å². The molecule has 1 saturated carbocycles. The lowest BCUT2D eigenvalue weighted by molar-refractivity contribution is 0.0840. The number of hydrogen-bond donors (Lipinski definition) is 2. The molecule has 8 nitrogen and oxygen atoms in total. The third kappa shape index (κ3) is 3.71. The molecule has 2 heterocycles. The molecule has 1 aliphatic carbocycles. The number of rotatable bonds is 3. The summed E-state index contributed by atoms with van der Waals surface area (Å²) in [5, 5.41) is 4.31. The third-order valence-corrected chi connectivity index (χ3v) is 3.88. The summed E-state index contributed by atoms with van der Waals surface area (Å²) < 4.78 is 1.85. The number of carbonyl (C=O) groups is 2. The molecule has 0 saturated heterocycles. The van der Waals surface area contributed by atoms with Crippen molar-refractivity contribution in [1.82, 2.24) is 30.6 Å². The molecule has 23 heavy (non-hydrogen) atoms. The summed E-state index contributed by atoms with van der Waals surface area (Å²) in [6, 6.07) is 2.01. The molecule has 8 heteroatoms. The van der Waals surface area contributed by atoms with Gasteiger partial charge in [-0.05, 0) is 18.9 Å². The van der Waals surface area contributed by atoms with Crippen LogP contribution in [0.4, 0.5) is 0 Å². The van der Waals surface area contributed by atoms with Crippen LogP contribution in [0.5, 0.6) is 0 Å². The van der Waals surface area contributed by atoms with Gasteiger partial charge in [0.2, 0.25) is 0 Å². The molecule has 2 amide bonds. The highest BCUT2D eigenvalue weighted by molar-refractivity contribution is 5.97. The smallest absolute Gasteiger partial charge is 0.269 e. The monoisotopic (exact) mass is 314 g/mol. The van der Waals surface area contributed by atoms with Crippen LogP contribution >= 0.6 is 0 Å². The van der Waals surface area contributed by atoms with Crippen LogP contribution in [0.3, 0.4) is 0 Å². The zero-order chi connectivity index (χ0) is 16.1. The molecule has 0 radical (unpaired) electrons. The Hall–Kier alpha value is -2.77. The van der Waals surface area contributed by atoms with Crippen molar-refractivity contribution in [3.8, 4) is 0 Å². The van der Waals surface area contributed by atoms with E-state index < -0.39 is 11.8 Å². The maximum Gasteiger partial charge on any atom is 0.290 e. The van der Waals surface area contributed by atoms with E-state index in [2.05, 4.69) is 25.9 Å². The fraction of sp³-hybridized carbons (Fsp3) is 0.400. The van der Waals surface area contributed by atoms with E-state index in [4.69, 9.17) is 0 Å². The molecule has 0 unspecified atom stereocenters. The number of aromatic nitrogens is 4. The lowest BCUT2D eigenvalue weighted by atomic mass is 9.96. The summed E-state index contributed by atoms with van der Waals surface area (Å²) in [5.41, 5.74) is 5.03. The Bertz CT molecular complexity index is 678. The molecule has 0 atom stereocenters. The normalized spacial score (nSPS) is 15.1. The first-order valence-electron chi connectivity index (χ1n) is 7.66. The van der Waals surface area contributed by atoms with E-state index in [0.717, 1.165) is 12.8 Å². The van der Waals surface area contributed by atoms with Crippen LogP contribution in [0.2, 0.25) is 0 Å². The second-order valence-corrected chi connectivity index (χ2v) is 5.47. The summed E-state index contributed by atoms with van der Waals surface area (Å²) in [7, 11) is 0. The molecule has 2 aromatic heterocycles. The van der Waals surface area contributed by atoms with E-state index in [9.17, 15) is 9.59 Å². The molecule has 1 fully saturated rings. The largest absolute Gasteiger partial charge is 0.290 e. The molecular formula is C15H18N6O2. The Morgan fingerprint density at radius 1 is 1.04 bits per heavy atom. The molecule has 2 N–H and O–H groups in total. The predicted octanol–water partition coefficient (Wildman–Crippen LogP) is 1.25. The first-order chi connectivity index (χ1) is 11.2. The van der Waals surface area contributed by atoms with E-state index >= 15 is 0 Å². The number of nitrogens with one attached hydrogen (secondary N) is 2. The summed E-state index contributed by atoms with van der Waals surface area (Å²) in [6.07, 6.45) is 11.8. The maximum atomic E-state index is 12.0. The minimum absolute atomic E-state index is 0.125.